The number of aromatic amines is 1. The average molecular weight is 580 g/mol. The predicted octanol–water partition coefficient (Wildman–Crippen LogP) is 3.86. The van der Waals surface area contributed by atoms with E-state index in [4.69, 9.17) is 4.74 Å². The third-order valence-corrected chi connectivity index (χ3v) is 8.72. The van der Waals surface area contributed by atoms with E-state index in [0.29, 0.717) is 46.6 Å². The molecule has 1 fully saturated rings. The summed E-state index contributed by atoms with van der Waals surface area (Å²) < 4.78 is 49.8. The number of carbonyl (C=O) groups is 1. The number of ketones is 1. The smallest absolute Gasteiger partial charge is 0.277 e. The Balaban J connectivity index is 1.56. The maximum Gasteiger partial charge on any atom is 0.277 e. The van der Waals surface area contributed by atoms with Gasteiger partial charge in [-0.3, -0.25) is 14.3 Å². The van der Waals surface area contributed by atoms with Crippen LogP contribution in [0.1, 0.15) is 37.9 Å². The molecular weight excluding hydrogens is 549 g/mol. The number of sulfonamides is 1. The monoisotopic (exact) mass is 579 g/mol. The zero-order valence-electron chi connectivity index (χ0n) is 23.0. The van der Waals surface area contributed by atoms with Crippen molar-refractivity contribution >= 4 is 32.9 Å². The number of nitrogens with zero attached hydrogens (tertiary/aromatic N) is 4. The number of nitrogens with one attached hydrogen (secondary N) is 1. The highest BCUT2D eigenvalue weighted by Crippen LogP contribution is 2.33. The van der Waals surface area contributed by atoms with E-state index < -0.39 is 21.4 Å². The summed E-state index contributed by atoms with van der Waals surface area (Å²) >= 11 is 0. The third-order valence-electron chi connectivity index (χ3n) is 6.88. The van der Waals surface area contributed by atoms with Gasteiger partial charge in [0.05, 0.1) is 22.8 Å². The number of rotatable bonds is 8. The second kappa shape index (κ2) is 11.4. The molecule has 0 amide bonds. The molecule has 1 saturated heterocycles. The molecule has 3 heterocycles. The standard InChI is InChI=1S/C29H30FN5O5S/c1-4-7-23-26-27(34(3)33-23)29(37)32-28(31-26)22-16-21(10-11-25(22)40-5-2)41(38,39)35-13-12-24(36)19(17-35)14-18-8-6-9-20(30)15-18/h6,8-11,14-16H,4-5,7,12-13,17H2,1-3H3,(H,31,32,37)/b19-14-. The molecule has 5 rings (SSSR count). The molecule has 0 aliphatic carbocycles. The number of aryl methyl sites for hydroxylation is 2. The lowest BCUT2D eigenvalue weighted by atomic mass is 10.0. The summed E-state index contributed by atoms with van der Waals surface area (Å²) in [6, 6.07) is 10.1. The van der Waals surface area contributed by atoms with Gasteiger partial charge in [-0.1, -0.05) is 25.5 Å². The van der Waals surface area contributed by atoms with Gasteiger partial charge in [-0.15, -0.1) is 0 Å². The molecule has 10 nitrogen and oxygen atoms in total. The van der Waals surface area contributed by atoms with Crippen LogP contribution in [0.15, 0.2) is 57.7 Å². The molecule has 0 saturated carbocycles. The van der Waals surface area contributed by atoms with Gasteiger partial charge in [0.15, 0.2) is 11.3 Å². The van der Waals surface area contributed by atoms with E-state index in [1.54, 1.807) is 20.0 Å². The van der Waals surface area contributed by atoms with Gasteiger partial charge in [-0.05, 0) is 55.3 Å². The zero-order valence-corrected chi connectivity index (χ0v) is 23.8. The average Bonchev–Trinajstić information content (AvgIpc) is 3.25. The number of Topliss-reactive ketones (excluding diaryl/α,β-unsaturated/α-hetero) is 1. The molecule has 2 aromatic carbocycles. The Bertz CT molecular complexity index is 1840. The maximum atomic E-state index is 13.8. The van der Waals surface area contributed by atoms with E-state index in [9.17, 15) is 22.4 Å². The van der Waals surface area contributed by atoms with Gasteiger partial charge in [0.2, 0.25) is 10.0 Å². The molecule has 214 valence electrons. The van der Waals surface area contributed by atoms with Crippen LogP contribution in [0.4, 0.5) is 4.39 Å². The van der Waals surface area contributed by atoms with E-state index in [1.807, 2.05) is 6.92 Å². The second-order valence-electron chi connectivity index (χ2n) is 9.76. The fourth-order valence-corrected chi connectivity index (χ4v) is 6.38. The molecule has 0 unspecified atom stereocenters. The van der Waals surface area contributed by atoms with Crippen molar-refractivity contribution in [2.75, 3.05) is 19.7 Å². The summed E-state index contributed by atoms with van der Waals surface area (Å²) in [7, 11) is -2.39. The quantitative estimate of drug-likeness (QED) is 0.314. The first-order chi connectivity index (χ1) is 19.6. The first-order valence-corrected chi connectivity index (χ1v) is 14.8. The number of piperidine rings is 1. The summed E-state index contributed by atoms with van der Waals surface area (Å²) in [5.41, 5.74) is 2.10. The van der Waals surface area contributed by atoms with Gasteiger partial charge < -0.3 is 9.72 Å². The Morgan fingerprint density at radius 2 is 1.95 bits per heavy atom. The lowest BCUT2D eigenvalue weighted by Crippen LogP contribution is -2.40. The predicted molar refractivity (Wildman–Crippen MR) is 152 cm³/mol. The van der Waals surface area contributed by atoms with Crippen LogP contribution >= 0.6 is 0 Å². The molecule has 1 aliphatic heterocycles. The van der Waals surface area contributed by atoms with E-state index in [1.165, 1.54) is 51.5 Å². The van der Waals surface area contributed by atoms with Crippen molar-refractivity contribution in [2.45, 2.75) is 38.0 Å². The number of halogens is 1. The molecule has 0 radical (unpaired) electrons. The summed E-state index contributed by atoms with van der Waals surface area (Å²) in [5.74, 6) is -0.126. The first-order valence-electron chi connectivity index (χ1n) is 13.3. The summed E-state index contributed by atoms with van der Waals surface area (Å²) in [6.45, 7) is 3.95. The first kappa shape index (κ1) is 28.4. The molecule has 4 aromatic rings. The minimum absolute atomic E-state index is 0.00130. The van der Waals surface area contributed by atoms with E-state index >= 15 is 0 Å². The van der Waals surface area contributed by atoms with Crippen molar-refractivity contribution in [3.63, 3.8) is 0 Å². The van der Waals surface area contributed by atoms with Crippen LogP contribution in [0.3, 0.4) is 0 Å². The highest BCUT2D eigenvalue weighted by molar-refractivity contribution is 7.89. The van der Waals surface area contributed by atoms with Crippen molar-refractivity contribution in [1.29, 1.82) is 0 Å². The Kier molecular flexibility index (Phi) is 7.87. The van der Waals surface area contributed by atoms with Crippen molar-refractivity contribution in [3.8, 4) is 17.1 Å². The minimum Gasteiger partial charge on any atom is -0.493 e. The van der Waals surface area contributed by atoms with E-state index in [0.717, 1.165) is 6.42 Å². The maximum absolute atomic E-state index is 13.8. The lowest BCUT2D eigenvalue weighted by molar-refractivity contribution is -0.116. The van der Waals surface area contributed by atoms with Gasteiger partial charge in [0.25, 0.3) is 5.56 Å². The van der Waals surface area contributed by atoms with Gasteiger partial charge >= 0.3 is 0 Å². The van der Waals surface area contributed by atoms with Crippen molar-refractivity contribution < 1.29 is 22.3 Å². The van der Waals surface area contributed by atoms with Crippen LogP contribution in [-0.4, -0.2) is 58.0 Å². The minimum atomic E-state index is -4.07. The van der Waals surface area contributed by atoms with E-state index in [2.05, 4.69) is 15.1 Å². The number of ether oxygens (including phenoxy) is 1. The van der Waals surface area contributed by atoms with Crippen molar-refractivity contribution in [3.05, 3.63) is 75.5 Å². The van der Waals surface area contributed by atoms with Gasteiger partial charge in [0, 0.05) is 32.1 Å². The van der Waals surface area contributed by atoms with Gasteiger partial charge in [-0.2, -0.15) is 9.40 Å². The molecule has 41 heavy (non-hydrogen) atoms. The molecule has 12 heteroatoms. The molecule has 1 N–H and O–H groups in total. The van der Waals surface area contributed by atoms with Crippen LogP contribution in [0, 0.1) is 5.82 Å². The van der Waals surface area contributed by atoms with Crippen LogP contribution in [-0.2, 0) is 28.3 Å². The summed E-state index contributed by atoms with van der Waals surface area (Å²) in [6.07, 6.45) is 2.94. The number of hydrogen-bond donors (Lipinski definition) is 1. The number of aromatic nitrogens is 4. The Morgan fingerprint density at radius 3 is 2.68 bits per heavy atom. The lowest BCUT2D eigenvalue weighted by Gasteiger charge is -2.27. The molecule has 0 atom stereocenters. The number of benzene rings is 2. The zero-order chi connectivity index (χ0) is 29.3. The second-order valence-corrected chi connectivity index (χ2v) is 11.7. The highest BCUT2D eigenvalue weighted by atomic mass is 32.2. The van der Waals surface area contributed by atoms with Crippen molar-refractivity contribution in [1.82, 2.24) is 24.1 Å². The summed E-state index contributed by atoms with van der Waals surface area (Å²) in [4.78, 5) is 33.1. The van der Waals surface area contributed by atoms with E-state index in [-0.39, 0.29) is 41.6 Å². The molecule has 1 aliphatic rings. The summed E-state index contributed by atoms with van der Waals surface area (Å²) in [5, 5.41) is 4.45. The Morgan fingerprint density at radius 1 is 1.15 bits per heavy atom. The van der Waals surface area contributed by atoms with Gasteiger partial charge in [0.1, 0.15) is 22.9 Å². The fourth-order valence-electron chi connectivity index (χ4n) is 4.94. The van der Waals surface area contributed by atoms with Crippen LogP contribution in [0.25, 0.3) is 28.5 Å². The number of hydrogen-bond acceptors (Lipinski definition) is 7. The number of H-pyrrole nitrogens is 1. The van der Waals surface area contributed by atoms with Gasteiger partial charge in [-0.25, -0.2) is 17.8 Å². The third kappa shape index (κ3) is 5.57. The molecule has 0 spiro atoms. The Labute approximate surface area is 236 Å². The fraction of sp³-hybridized carbons (Fsp3) is 0.310. The number of fused-ring (bicyclic) bond motifs is 1. The van der Waals surface area contributed by atoms with Crippen LogP contribution in [0.2, 0.25) is 0 Å². The van der Waals surface area contributed by atoms with Crippen LogP contribution in [0.5, 0.6) is 5.75 Å². The number of carbonyl (C=O) groups excluding carboxylic acids is 1. The van der Waals surface area contributed by atoms with Crippen molar-refractivity contribution in [2.24, 2.45) is 7.05 Å². The topological polar surface area (TPSA) is 127 Å². The molecule has 0 bridgehead atoms. The normalized spacial score (nSPS) is 15.6. The molecule has 2 aromatic heterocycles. The highest BCUT2D eigenvalue weighted by Gasteiger charge is 2.32. The SMILES string of the molecule is CCCc1nn(C)c2c(=O)[nH]c(-c3cc(S(=O)(=O)N4CCC(=O)/C(=C\c5cccc(F)c5)C4)ccc3OCC)nc12. The Hall–Kier alpha value is -4.16. The largest absolute Gasteiger partial charge is 0.493 e. The van der Waals surface area contributed by atoms with Crippen LogP contribution < -0.4 is 10.3 Å². The molecular formula is C29H30FN5O5S.